The van der Waals surface area contributed by atoms with Gasteiger partial charge in [0.25, 0.3) is 0 Å². The predicted molar refractivity (Wildman–Crippen MR) is 48.2 cm³/mol. The van der Waals surface area contributed by atoms with Crippen molar-refractivity contribution in [3.05, 3.63) is 17.8 Å². The van der Waals surface area contributed by atoms with Crippen LogP contribution in [0.4, 0.5) is 5.82 Å². The number of aromatic nitrogens is 1. The number of hydrogen-bond acceptors (Lipinski definition) is 5. The Morgan fingerprint density at radius 3 is 2.54 bits per heavy atom. The molecule has 6 nitrogen and oxygen atoms in total. The van der Waals surface area contributed by atoms with Gasteiger partial charge < -0.3 is 5.43 Å². The first-order valence-electron chi connectivity index (χ1n) is 3.42. The molecule has 0 bridgehead atoms. The lowest BCUT2D eigenvalue weighted by atomic mass is 10.3. The molecule has 7 heteroatoms. The SMILES string of the molecule is Cc1ccnc(NN)c1S(N)(=O)=O. The van der Waals surface area contributed by atoms with Crippen LogP contribution in [0.1, 0.15) is 5.56 Å². The Morgan fingerprint density at radius 1 is 1.54 bits per heavy atom. The molecule has 0 amide bonds. The van der Waals surface area contributed by atoms with Crippen LogP contribution in [0.2, 0.25) is 0 Å². The number of nitrogens with two attached hydrogens (primary N) is 2. The van der Waals surface area contributed by atoms with Gasteiger partial charge in [0, 0.05) is 6.20 Å². The zero-order valence-electron chi connectivity index (χ0n) is 6.98. The highest BCUT2D eigenvalue weighted by Gasteiger charge is 2.16. The summed E-state index contributed by atoms with van der Waals surface area (Å²) in [6.07, 6.45) is 1.44. The zero-order valence-corrected chi connectivity index (χ0v) is 7.80. The molecule has 0 saturated heterocycles. The highest BCUT2D eigenvalue weighted by molar-refractivity contribution is 7.89. The Labute approximate surface area is 76.0 Å². The van der Waals surface area contributed by atoms with Crippen molar-refractivity contribution in [2.24, 2.45) is 11.0 Å². The van der Waals surface area contributed by atoms with Crippen LogP contribution in [0.3, 0.4) is 0 Å². The summed E-state index contributed by atoms with van der Waals surface area (Å²) in [6.45, 7) is 1.61. The smallest absolute Gasteiger partial charge is 0.242 e. The Morgan fingerprint density at radius 2 is 2.15 bits per heavy atom. The van der Waals surface area contributed by atoms with E-state index in [4.69, 9.17) is 11.0 Å². The molecular formula is C6H10N4O2S. The molecule has 5 N–H and O–H groups in total. The second kappa shape index (κ2) is 3.29. The Kier molecular flexibility index (Phi) is 2.50. The van der Waals surface area contributed by atoms with E-state index in [0.29, 0.717) is 5.56 Å². The zero-order chi connectivity index (χ0) is 10.1. The van der Waals surface area contributed by atoms with Crippen molar-refractivity contribution in [2.75, 3.05) is 5.43 Å². The van der Waals surface area contributed by atoms with E-state index in [1.54, 1.807) is 13.0 Å². The van der Waals surface area contributed by atoms with Crippen LogP contribution in [-0.2, 0) is 10.0 Å². The van der Waals surface area contributed by atoms with Crippen molar-refractivity contribution in [1.82, 2.24) is 4.98 Å². The fourth-order valence-corrected chi connectivity index (χ4v) is 1.90. The summed E-state index contributed by atoms with van der Waals surface area (Å²) in [5.74, 6) is 5.14. The minimum absolute atomic E-state index is 0.0579. The first-order valence-corrected chi connectivity index (χ1v) is 4.96. The highest BCUT2D eigenvalue weighted by atomic mass is 32.2. The largest absolute Gasteiger partial charge is 0.307 e. The molecule has 0 radical (unpaired) electrons. The fraction of sp³-hybridized carbons (Fsp3) is 0.167. The summed E-state index contributed by atoms with van der Waals surface area (Å²) >= 11 is 0. The van der Waals surface area contributed by atoms with Crippen molar-refractivity contribution < 1.29 is 8.42 Å². The lowest BCUT2D eigenvalue weighted by Gasteiger charge is -2.07. The number of hydrazine groups is 1. The van der Waals surface area contributed by atoms with Crippen molar-refractivity contribution in [1.29, 1.82) is 0 Å². The van der Waals surface area contributed by atoms with Gasteiger partial charge in [-0.05, 0) is 18.6 Å². The van der Waals surface area contributed by atoms with Gasteiger partial charge in [-0.2, -0.15) is 0 Å². The second-order valence-corrected chi connectivity index (χ2v) is 3.99. The van der Waals surface area contributed by atoms with Crippen LogP contribution in [-0.4, -0.2) is 13.4 Å². The summed E-state index contributed by atoms with van der Waals surface area (Å²) < 4.78 is 22.2. The standard InChI is InChI=1S/C6H10N4O2S/c1-4-2-3-9-6(10-7)5(4)13(8,11)12/h2-3H,7H2,1H3,(H,9,10)(H2,8,11,12). The molecule has 0 atom stereocenters. The maximum absolute atomic E-state index is 11.1. The van der Waals surface area contributed by atoms with Crippen molar-refractivity contribution in [2.45, 2.75) is 11.8 Å². The number of nitrogen functional groups attached to an aromatic ring is 1. The predicted octanol–water partition coefficient (Wildman–Crippen LogP) is -0.677. The monoisotopic (exact) mass is 202 g/mol. The van der Waals surface area contributed by atoms with Gasteiger partial charge in [0.15, 0.2) is 5.82 Å². The molecule has 13 heavy (non-hydrogen) atoms. The maximum atomic E-state index is 11.1. The third-order valence-electron chi connectivity index (χ3n) is 1.52. The number of rotatable bonds is 2. The molecule has 1 aromatic rings. The average Bonchev–Trinajstić information content (AvgIpc) is 2.01. The number of nitrogens with one attached hydrogen (secondary N) is 1. The molecule has 1 rings (SSSR count). The molecule has 0 saturated carbocycles. The number of nitrogens with zero attached hydrogens (tertiary/aromatic N) is 1. The molecular weight excluding hydrogens is 192 g/mol. The van der Waals surface area contributed by atoms with Gasteiger partial charge in [-0.25, -0.2) is 24.4 Å². The lowest BCUT2D eigenvalue weighted by Crippen LogP contribution is -2.19. The van der Waals surface area contributed by atoms with Crippen molar-refractivity contribution in [3.8, 4) is 0 Å². The Hall–Kier alpha value is -1.18. The number of primary sulfonamides is 1. The number of aryl methyl sites for hydroxylation is 1. The first-order chi connectivity index (χ1) is 5.96. The van der Waals surface area contributed by atoms with E-state index in [2.05, 4.69) is 10.4 Å². The second-order valence-electron chi connectivity index (χ2n) is 2.49. The molecule has 0 unspecified atom stereocenters. The van der Waals surface area contributed by atoms with E-state index in [0.717, 1.165) is 0 Å². The number of hydrogen-bond donors (Lipinski definition) is 3. The maximum Gasteiger partial charge on any atom is 0.242 e. The van der Waals surface area contributed by atoms with Gasteiger partial charge in [0.2, 0.25) is 10.0 Å². The van der Waals surface area contributed by atoms with Crippen LogP contribution < -0.4 is 16.4 Å². The van der Waals surface area contributed by atoms with Gasteiger partial charge in [0.1, 0.15) is 4.90 Å². The van der Waals surface area contributed by atoms with E-state index < -0.39 is 10.0 Å². The van der Waals surface area contributed by atoms with Crippen molar-refractivity contribution >= 4 is 15.8 Å². The molecule has 0 fully saturated rings. The van der Waals surface area contributed by atoms with E-state index in [9.17, 15) is 8.42 Å². The van der Waals surface area contributed by atoms with Gasteiger partial charge in [-0.1, -0.05) is 0 Å². The lowest BCUT2D eigenvalue weighted by molar-refractivity contribution is 0.597. The average molecular weight is 202 g/mol. The molecule has 0 spiro atoms. The number of pyridine rings is 1. The van der Waals surface area contributed by atoms with Gasteiger partial charge in [-0.15, -0.1) is 0 Å². The van der Waals surface area contributed by atoms with Gasteiger partial charge >= 0.3 is 0 Å². The van der Waals surface area contributed by atoms with Gasteiger partial charge in [-0.3, -0.25) is 0 Å². The van der Waals surface area contributed by atoms with E-state index in [1.165, 1.54) is 6.20 Å². The highest BCUT2D eigenvalue weighted by Crippen LogP contribution is 2.19. The summed E-state index contributed by atoms with van der Waals surface area (Å²) in [5, 5.41) is 4.97. The summed E-state index contributed by atoms with van der Waals surface area (Å²) in [4.78, 5) is 3.66. The fourth-order valence-electron chi connectivity index (χ4n) is 1.01. The van der Waals surface area contributed by atoms with E-state index in [1.807, 2.05) is 0 Å². The number of anilines is 1. The third-order valence-corrected chi connectivity index (χ3v) is 2.61. The van der Waals surface area contributed by atoms with E-state index in [-0.39, 0.29) is 10.7 Å². The van der Waals surface area contributed by atoms with Crippen LogP contribution in [0.15, 0.2) is 17.2 Å². The van der Waals surface area contributed by atoms with E-state index >= 15 is 0 Å². The third kappa shape index (κ3) is 1.94. The quantitative estimate of drug-likeness (QED) is 0.434. The molecule has 0 aliphatic carbocycles. The summed E-state index contributed by atoms with van der Waals surface area (Å²) in [5.41, 5.74) is 2.68. The Bertz CT molecular complexity index is 415. The normalized spacial score (nSPS) is 11.3. The summed E-state index contributed by atoms with van der Waals surface area (Å²) in [6, 6.07) is 1.54. The van der Waals surface area contributed by atoms with Crippen LogP contribution in [0.25, 0.3) is 0 Å². The molecule has 1 heterocycles. The minimum Gasteiger partial charge on any atom is -0.307 e. The molecule has 0 aromatic carbocycles. The van der Waals surface area contributed by atoms with Crippen LogP contribution in [0, 0.1) is 6.92 Å². The number of sulfonamides is 1. The molecule has 72 valence electrons. The molecule has 0 aliphatic heterocycles. The van der Waals surface area contributed by atoms with Crippen LogP contribution >= 0.6 is 0 Å². The minimum atomic E-state index is -3.78. The molecule has 0 aliphatic rings. The van der Waals surface area contributed by atoms with Gasteiger partial charge in [0.05, 0.1) is 0 Å². The summed E-state index contributed by atoms with van der Waals surface area (Å²) in [7, 11) is -3.78. The molecule has 1 aromatic heterocycles. The van der Waals surface area contributed by atoms with Crippen molar-refractivity contribution in [3.63, 3.8) is 0 Å². The topological polar surface area (TPSA) is 111 Å². The Balaban J connectivity index is 3.50. The first kappa shape index (κ1) is 9.90. The van der Waals surface area contributed by atoms with Crippen LogP contribution in [0.5, 0.6) is 0 Å².